The molecule has 0 atom stereocenters. The van der Waals surface area contributed by atoms with Crippen molar-refractivity contribution in [3.05, 3.63) is 10.8 Å². The molecule has 2 aliphatic rings. The van der Waals surface area contributed by atoms with Crippen molar-refractivity contribution in [1.82, 2.24) is 14.9 Å². The molecule has 1 aromatic heterocycles. The standard InChI is InChI=1S/C11H14BrN5O/c12-8-5-14-10(13)11(15-8)16-3-4-17(7-1-2-7)9(18)6-16/h5,7H,1-4,6H2,(H2,13,14). The Bertz CT molecular complexity index is 490. The number of hydrogen-bond acceptors (Lipinski definition) is 5. The maximum atomic E-state index is 12.0. The molecule has 3 rings (SSSR count). The molecule has 1 saturated carbocycles. The van der Waals surface area contributed by atoms with E-state index < -0.39 is 0 Å². The molecule has 0 spiro atoms. The minimum Gasteiger partial charge on any atom is -0.381 e. The van der Waals surface area contributed by atoms with Gasteiger partial charge in [-0.15, -0.1) is 0 Å². The maximum absolute atomic E-state index is 12.0. The zero-order valence-corrected chi connectivity index (χ0v) is 11.4. The lowest BCUT2D eigenvalue weighted by Gasteiger charge is -2.35. The number of carbonyl (C=O) groups excluding carboxylic acids is 1. The molecule has 1 aliphatic carbocycles. The summed E-state index contributed by atoms with van der Waals surface area (Å²) in [5.41, 5.74) is 5.81. The highest BCUT2D eigenvalue weighted by molar-refractivity contribution is 9.10. The third-order valence-electron chi connectivity index (χ3n) is 3.30. The fourth-order valence-corrected chi connectivity index (χ4v) is 2.51. The summed E-state index contributed by atoms with van der Waals surface area (Å²) in [6.45, 7) is 1.85. The topological polar surface area (TPSA) is 75.3 Å². The van der Waals surface area contributed by atoms with E-state index in [0.29, 0.717) is 28.8 Å². The van der Waals surface area contributed by atoms with Gasteiger partial charge in [0.25, 0.3) is 0 Å². The van der Waals surface area contributed by atoms with Gasteiger partial charge in [0, 0.05) is 19.1 Å². The molecular formula is C11H14BrN5O. The van der Waals surface area contributed by atoms with Gasteiger partial charge in [0.2, 0.25) is 5.91 Å². The van der Waals surface area contributed by atoms with Crippen LogP contribution in [0.3, 0.4) is 0 Å². The zero-order valence-electron chi connectivity index (χ0n) is 9.84. The zero-order chi connectivity index (χ0) is 12.7. The van der Waals surface area contributed by atoms with Crippen LogP contribution < -0.4 is 10.6 Å². The largest absolute Gasteiger partial charge is 0.381 e. The molecule has 0 unspecified atom stereocenters. The Morgan fingerprint density at radius 2 is 2.17 bits per heavy atom. The van der Waals surface area contributed by atoms with E-state index in [1.165, 1.54) is 0 Å². The first kappa shape index (κ1) is 11.7. The molecule has 0 radical (unpaired) electrons. The van der Waals surface area contributed by atoms with Crippen molar-refractivity contribution >= 4 is 33.5 Å². The van der Waals surface area contributed by atoms with Crippen LogP contribution in [-0.4, -0.2) is 46.5 Å². The number of piperazine rings is 1. The monoisotopic (exact) mass is 311 g/mol. The van der Waals surface area contributed by atoms with Crippen LogP contribution in [-0.2, 0) is 4.79 Å². The summed E-state index contributed by atoms with van der Waals surface area (Å²) in [6.07, 6.45) is 3.84. The first-order valence-corrected chi connectivity index (χ1v) is 6.77. The Kier molecular flexibility index (Phi) is 2.85. The Labute approximate surface area is 113 Å². The van der Waals surface area contributed by atoms with E-state index in [4.69, 9.17) is 5.73 Å². The Morgan fingerprint density at radius 1 is 1.39 bits per heavy atom. The first-order chi connectivity index (χ1) is 8.65. The van der Waals surface area contributed by atoms with Gasteiger partial charge < -0.3 is 15.5 Å². The summed E-state index contributed by atoms with van der Waals surface area (Å²) in [7, 11) is 0. The SMILES string of the molecule is Nc1ncc(Br)nc1N1CCN(C2CC2)C(=O)C1. The van der Waals surface area contributed by atoms with Crippen LogP contribution in [0.15, 0.2) is 10.8 Å². The average molecular weight is 312 g/mol. The third-order valence-corrected chi connectivity index (χ3v) is 3.68. The molecule has 1 aliphatic heterocycles. The number of amides is 1. The predicted molar refractivity (Wildman–Crippen MR) is 71.1 cm³/mol. The summed E-state index contributed by atoms with van der Waals surface area (Å²) in [5, 5.41) is 0. The number of nitrogens with zero attached hydrogens (tertiary/aromatic N) is 4. The van der Waals surface area contributed by atoms with Crippen molar-refractivity contribution < 1.29 is 4.79 Å². The van der Waals surface area contributed by atoms with E-state index in [1.54, 1.807) is 6.20 Å². The van der Waals surface area contributed by atoms with E-state index in [1.807, 2.05) is 9.80 Å². The van der Waals surface area contributed by atoms with Gasteiger partial charge in [0.15, 0.2) is 11.6 Å². The highest BCUT2D eigenvalue weighted by Gasteiger charge is 2.36. The van der Waals surface area contributed by atoms with Gasteiger partial charge in [-0.1, -0.05) is 0 Å². The normalized spacial score (nSPS) is 20.4. The lowest BCUT2D eigenvalue weighted by Crippen LogP contribution is -2.51. The molecule has 0 bridgehead atoms. The molecule has 2 heterocycles. The van der Waals surface area contributed by atoms with Crippen LogP contribution in [0.4, 0.5) is 11.6 Å². The maximum Gasteiger partial charge on any atom is 0.242 e. The Balaban J connectivity index is 1.78. The van der Waals surface area contributed by atoms with Crippen molar-refractivity contribution in [3.63, 3.8) is 0 Å². The molecule has 0 aromatic carbocycles. The van der Waals surface area contributed by atoms with E-state index in [9.17, 15) is 4.79 Å². The smallest absolute Gasteiger partial charge is 0.242 e. The van der Waals surface area contributed by atoms with Crippen molar-refractivity contribution in [1.29, 1.82) is 0 Å². The van der Waals surface area contributed by atoms with E-state index in [0.717, 1.165) is 25.9 Å². The molecular weight excluding hydrogens is 298 g/mol. The van der Waals surface area contributed by atoms with Crippen LogP contribution in [0.5, 0.6) is 0 Å². The molecule has 1 aromatic rings. The van der Waals surface area contributed by atoms with Crippen LogP contribution in [0.1, 0.15) is 12.8 Å². The van der Waals surface area contributed by atoms with Crippen LogP contribution in [0.25, 0.3) is 0 Å². The van der Waals surface area contributed by atoms with Crippen LogP contribution in [0.2, 0.25) is 0 Å². The summed E-state index contributed by atoms with van der Waals surface area (Å²) >= 11 is 3.27. The van der Waals surface area contributed by atoms with Gasteiger partial charge in [0.05, 0.1) is 12.7 Å². The number of nitrogen functional groups attached to an aromatic ring is 1. The quantitative estimate of drug-likeness (QED) is 0.867. The summed E-state index contributed by atoms with van der Waals surface area (Å²) in [4.78, 5) is 24.3. The minimum atomic E-state index is 0.157. The number of halogens is 1. The Morgan fingerprint density at radius 3 is 2.83 bits per heavy atom. The van der Waals surface area contributed by atoms with E-state index in [2.05, 4.69) is 25.9 Å². The summed E-state index contributed by atoms with van der Waals surface area (Å²) in [5.74, 6) is 1.11. The molecule has 96 valence electrons. The number of carbonyl (C=O) groups is 1. The minimum absolute atomic E-state index is 0.157. The number of hydrogen-bond donors (Lipinski definition) is 1. The highest BCUT2D eigenvalue weighted by atomic mass is 79.9. The second-order valence-electron chi connectivity index (χ2n) is 4.64. The number of nitrogens with two attached hydrogens (primary N) is 1. The van der Waals surface area contributed by atoms with Crippen molar-refractivity contribution in [2.24, 2.45) is 0 Å². The van der Waals surface area contributed by atoms with Crippen LogP contribution >= 0.6 is 15.9 Å². The van der Waals surface area contributed by atoms with Gasteiger partial charge in [-0.05, 0) is 28.8 Å². The molecule has 7 heteroatoms. The summed E-state index contributed by atoms with van der Waals surface area (Å²) < 4.78 is 0.628. The molecule has 18 heavy (non-hydrogen) atoms. The molecule has 1 amide bonds. The van der Waals surface area contributed by atoms with Crippen molar-refractivity contribution in [2.45, 2.75) is 18.9 Å². The highest BCUT2D eigenvalue weighted by Crippen LogP contribution is 2.29. The number of aromatic nitrogens is 2. The molecule has 6 nitrogen and oxygen atoms in total. The lowest BCUT2D eigenvalue weighted by atomic mass is 10.3. The van der Waals surface area contributed by atoms with Crippen molar-refractivity contribution in [2.75, 3.05) is 30.3 Å². The third kappa shape index (κ3) is 2.14. The Hall–Kier alpha value is -1.37. The van der Waals surface area contributed by atoms with Gasteiger partial charge in [-0.2, -0.15) is 0 Å². The second kappa shape index (κ2) is 4.38. The molecule has 1 saturated heterocycles. The van der Waals surface area contributed by atoms with Gasteiger partial charge in [-0.3, -0.25) is 4.79 Å². The predicted octanol–water partition coefficient (Wildman–Crippen LogP) is 0.632. The average Bonchev–Trinajstić information content (AvgIpc) is 3.16. The van der Waals surface area contributed by atoms with Crippen molar-refractivity contribution in [3.8, 4) is 0 Å². The second-order valence-corrected chi connectivity index (χ2v) is 5.45. The number of anilines is 2. The lowest BCUT2D eigenvalue weighted by molar-refractivity contribution is -0.131. The first-order valence-electron chi connectivity index (χ1n) is 5.97. The van der Waals surface area contributed by atoms with Crippen LogP contribution in [0, 0.1) is 0 Å². The van der Waals surface area contributed by atoms with E-state index in [-0.39, 0.29) is 5.91 Å². The fourth-order valence-electron chi connectivity index (χ4n) is 2.24. The molecule has 2 fully saturated rings. The van der Waals surface area contributed by atoms with Gasteiger partial charge >= 0.3 is 0 Å². The molecule has 2 N–H and O–H groups in total. The number of rotatable bonds is 2. The van der Waals surface area contributed by atoms with Gasteiger partial charge in [0.1, 0.15) is 4.60 Å². The summed E-state index contributed by atoms with van der Waals surface area (Å²) in [6, 6.07) is 0.477. The fraction of sp³-hybridized carbons (Fsp3) is 0.545. The van der Waals surface area contributed by atoms with Gasteiger partial charge in [-0.25, -0.2) is 9.97 Å². The van der Waals surface area contributed by atoms with E-state index >= 15 is 0 Å².